The first-order chi connectivity index (χ1) is 15.5. The number of hydrogen-bond donors (Lipinski definition) is 1. The van der Waals surface area contributed by atoms with Crippen LogP contribution < -0.4 is 5.32 Å². The zero-order valence-electron chi connectivity index (χ0n) is 17.6. The van der Waals surface area contributed by atoms with E-state index in [9.17, 15) is 9.59 Å². The second-order valence-corrected chi connectivity index (χ2v) is 8.59. The van der Waals surface area contributed by atoms with Gasteiger partial charge in [0.1, 0.15) is 0 Å². The maximum absolute atomic E-state index is 13.5. The number of ketones is 1. The third kappa shape index (κ3) is 3.41. The first-order valence-electron chi connectivity index (χ1n) is 10.4. The number of carbonyl (C=O) groups is 2. The highest BCUT2D eigenvalue weighted by Gasteiger charge is 2.41. The Morgan fingerprint density at radius 2 is 1.78 bits per heavy atom. The number of nitrogens with one attached hydrogen (secondary N) is 1. The standard InChI is InChI=1S/C25H21ClN2O4/c1-13-21-22(15-3-5-16(6-4-15)25(30)31-2)23-19(27-24(21)32-28-13)11-17(12-20(23)29)14-7-9-18(26)10-8-14/h3-10,17,22,27H,11-12H2,1-2H3. The van der Waals surface area contributed by atoms with E-state index in [4.69, 9.17) is 20.9 Å². The van der Waals surface area contributed by atoms with Gasteiger partial charge >= 0.3 is 5.97 Å². The quantitative estimate of drug-likeness (QED) is 0.541. The Balaban J connectivity index is 1.57. The highest BCUT2D eigenvalue weighted by molar-refractivity contribution is 6.30. The Bertz CT molecular complexity index is 1240. The Morgan fingerprint density at radius 3 is 2.47 bits per heavy atom. The summed E-state index contributed by atoms with van der Waals surface area (Å²) in [4.78, 5) is 25.3. The molecule has 2 aromatic carbocycles. The lowest BCUT2D eigenvalue weighted by atomic mass is 9.72. The molecule has 162 valence electrons. The molecule has 5 rings (SSSR count). The maximum atomic E-state index is 13.5. The molecule has 2 heterocycles. The number of halogens is 1. The molecule has 1 aliphatic heterocycles. The lowest BCUT2D eigenvalue weighted by Crippen LogP contribution is -2.29. The van der Waals surface area contributed by atoms with Gasteiger partial charge in [0.05, 0.1) is 23.9 Å². The van der Waals surface area contributed by atoms with Crippen LogP contribution in [0.3, 0.4) is 0 Å². The van der Waals surface area contributed by atoms with Crippen LogP contribution in [0.4, 0.5) is 5.88 Å². The van der Waals surface area contributed by atoms with Crippen molar-refractivity contribution >= 4 is 29.2 Å². The predicted octanol–water partition coefficient (Wildman–Crippen LogP) is 5.38. The molecule has 1 aromatic heterocycles. The van der Waals surface area contributed by atoms with E-state index >= 15 is 0 Å². The Morgan fingerprint density at radius 1 is 1.09 bits per heavy atom. The lowest BCUT2D eigenvalue weighted by Gasteiger charge is -2.34. The highest BCUT2D eigenvalue weighted by atomic mass is 35.5. The number of aryl methyl sites for hydroxylation is 1. The molecule has 7 heteroatoms. The highest BCUT2D eigenvalue weighted by Crippen LogP contribution is 2.49. The minimum atomic E-state index is -0.400. The summed E-state index contributed by atoms with van der Waals surface area (Å²) in [6, 6.07) is 14.8. The van der Waals surface area contributed by atoms with E-state index in [0.717, 1.165) is 33.7 Å². The van der Waals surface area contributed by atoms with Gasteiger partial charge in [0.25, 0.3) is 0 Å². The first kappa shape index (κ1) is 20.5. The van der Waals surface area contributed by atoms with Gasteiger partial charge in [0.15, 0.2) is 5.78 Å². The number of ether oxygens (including phenoxy) is 1. The Hall–Kier alpha value is -3.38. The molecule has 3 aromatic rings. The summed E-state index contributed by atoms with van der Waals surface area (Å²) in [7, 11) is 1.35. The normalized spacial score (nSPS) is 19.8. The van der Waals surface area contributed by atoms with Crippen LogP contribution in [0.1, 0.15) is 57.4 Å². The van der Waals surface area contributed by atoms with Crippen molar-refractivity contribution in [2.45, 2.75) is 31.6 Å². The van der Waals surface area contributed by atoms with E-state index in [-0.39, 0.29) is 17.6 Å². The van der Waals surface area contributed by atoms with E-state index in [1.54, 1.807) is 12.1 Å². The molecule has 0 amide bonds. The van der Waals surface area contributed by atoms with E-state index in [0.29, 0.717) is 29.3 Å². The van der Waals surface area contributed by atoms with E-state index in [1.165, 1.54) is 7.11 Å². The van der Waals surface area contributed by atoms with Crippen LogP contribution in [0.5, 0.6) is 0 Å². The molecule has 0 saturated carbocycles. The van der Waals surface area contributed by atoms with Gasteiger partial charge in [-0.05, 0) is 54.7 Å². The van der Waals surface area contributed by atoms with Crippen LogP contribution in [-0.2, 0) is 9.53 Å². The number of nitrogens with zero attached hydrogens (tertiary/aromatic N) is 1. The van der Waals surface area contributed by atoms with E-state index in [2.05, 4.69) is 10.5 Å². The third-order valence-electron chi connectivity index (χ3n) is 6.26. The van der Waals surface area contributed by atoms with Gasteiger partial charge < -0.3 is 14.6 Å². The smallest absolute Gasteiger partial charge is 0.337 e. The van der Waals surface area contributed by atoms with Gasteiger partial charge in [-0.3, -0.25) is 4.79 Å². The maximum Gasteiger partial charge on any atom is 0.337 e. The molecule has 2 unspecified atom stereocenters. The summed E-state index contributed by atoms with van der Waals surface area (Å²) in [6.07, 6.45) is 1.09. The predicted molar refractivity (Wildman–Crippen MR) is 120 cm³/mol. The largest absolute Gasteiger partial charge is 0.465 e. The van der Waals surface area contributed by atoms with Crippen LogP contribution in [0.2, 0.25) is 5.02 Å². The minimum Gasteiger partial charge on any atom is -0.465 e. The number of fused-ring (bicyclic) bond motifs is 1. The van der Waals surface area contributed by atoms with E-state index in [1.807, 2.05) is 43.3 Å². The van der Waals surface area contributed by atoms with Crippen molar-refractivity contribution in [2.24, 2.45) is 0 Å². The molecule has 2 atom stereocenters. The fraction of sp³-hybridized carbons (Fsp3) is 0.240. The second-order valence-electron chi connectivity index (χ2n) is 8.15. The molecular formula is C25H21ClN2O4. The zero-order valence-corrected chi connectivity index (χ0v) is 18.4. The van der Waals surface area contributed by atoms with Crippen molar-refractivity contribution in [2.75, 3.05) is 12.4 Å². The monoisotopic (exact) mass is 448 g/mol. The number of carbonyl (C=O) groups excluding carboxylic acids is 2. The van der Waals surface area contributed by atoms with Crippen molar-refractivity contribution in [3.8, 4) is 0 Å². The number of esters is 1. The number of methoxy groups -OCH3 is 1. The van der Waals surface area contributed by atoms with Crippen LogP contribution in [0.15, 0.2) is 64.3 Å². The second kappa shape index (κ2) is 7.95. The molecule has 1 aliphatic carbocycles. The van der Waals surface area contributed by atoms with Crippen molar-refractivity contribution in [3.05, 3.63) is 92.8 Å². The molecule has 0 fully saturated rings. The van der Waals surface area contributed by atoms with Gasteiger partial charge in [-0.2, -0.15) is 0 Å². The summed E-state index contributed by atoms with van der Waals surface area (Å²) in [5.41, 5.74) is 5.61. The SMILES string of the molecule is COC(=O)c1ccc(C2C3=C(CC(c4ccc(Cl)cc4)CC3=O)Nc3onc(C)c32)cc1. The zero-order chi connectivity index (χ0) is 22.4. The van der Waals surface area contributed by atoms with Crippen LogP contribution in [-0.4, -0.2) is 24.0 Å². The molecule has 2 aliphatic rings. The minimum absolute atomic E-state index is 0.0546. The molecule has 32 heavy (non-hydrogen) atoms. The summed E-state index contributed by atoms with van der Waals surface area (Å²) in [5.74, 6) is -0.000179. The molecule has 0 bridgehead atoms. The number of hydrogen-bond acceptors (Lipinski definition) is 6. The van der Waals surface area contributed by atoms with Gasteiger partial charge in [0, 0.05) is 28.6 Å². The van der Waals surface area contributed by atoms with Crippen LogP contribution >= 0.6 is 11.6 Å². The van der Waals surface area contributed by atoms with Gasteiger partial charge in [0.2, 0.25) is 5.88 Å². The van der Waals surface area contributed by atoms with E-state index < -0.39 is 5.97 Å². The molecule has 1 N–H and O–H groups in total. The van der Waals surface area contributed by atoms with Gasteiger partial charge in [-0.1, -0.05) is 41.0 Å². The molecule has 6 nitrogen and oxygen atoms in total. The summed E-state index contributed by atoms with van der Waals surface area (Å²) >= 11 is 6.04. The fourth-order valence-electron chi connectivity index (χ4n) is 4.71. The van der Waals surface area contributed by atoms with Crippen molar-refractivity contribution in [1.29, 1.82) is 0 Å². The molecule has 0 saturated heterocycles. The fourth-order valence-corrected chi connectivity index (χ4v) is 4.83. The number of benzene rings is 2. The first-order valence-corrected chi connectivity index (χ1v) is 10.8. The number of anilines is 1. The molecule has 0 radical (unpaired) electrons. The number of rotatable bonds is 3. The van der Waals surface area contributed by atoms with Crippen molar-refractivity contribution < 1.29 is 18.8 Å². The Kier molecular flexibility index (Phi) is 5.10. The summed E-state index contributed by atoms with van der Waals surface area (Å²) in [5, 5.41) is 8.14. The van der Waals surface area contributed by atoms with Crippen molar-refractivity contribution in [3.63, 3.8) is 0 Å². The van der Waals surface area contributed by atoms with Gasteiger partial charge in [-0.15, -0.1) is 0 Å². The number of Topliss-reactive ketones (excluding diaryl/α,β-unsaturated/α-hetero) is 1. The molecular weight excluding hydrogens is 428 g/mol. The average molecular weight is 449 g/mol. The summed E-state index contributed by atoms with van der Waals surface area (Å²) < 4.78 is 10.4. The Labute approximate surface area is 190 Å². The average Bonchev–Trinajstić information content (AvgIpc) is 3.18. The third-order valence-corrected chi connectivity index (χ3v) is 6.52. The van der Waals surface area contributed by atoms with Crippen LogP contribution in [0.25, 0.3) is 0 Å². The summed E-state index contributed by atoms with van der Waals surface area (Å²) in [6.45, 7) is 1.87. The molecule has 0 spiro atoms. The van der Waals surface area contributed by atoms with Crippen LogP contribution in [0, 0.1) is 6.92 Å². The topological polar surface area (TPSA) is 81.4 Å². The number of aromatic nitrogens is 1. The van der Waals surface area contributed by atoms with Crippen molar-refractivity contribution in [1.82, 2.24) is 5.16 Å². The lowest BCUT2D eigenvalue weighted by molar-refractivity contribution is -0.116. The number of allylic oxidation sites excluding steroid dienone is 2. The van der Waals surface area contributed by atoms with Gasteiger partial charge in [-0.25, -0.2) is 4.79 Å².